The molecule has 0 radical (unpaired) electrons. The lowest BCUT2D eigenvalue weighted by Gasteiger charge is -2.25. The summed E-state index contributed by atoms with van der Waals surface area (Å²) in [5.41, 5.74) is 1.91. The molecule has 6 heteroatoms. The molecule has 0 aromatic heterocycles. The Kier molecular flexibility index (Phi) is 4.55. The summed E-state index contributed by atoms with van der Waals surface area (Å²) in [5, 5.41) is 10.3. The molecule has 1 aromatic rings. The minimum absolute atomic E-state index is 0.0513. The Balaban J connectivity index is 2.04. The number of hydrogen-bond acceptors (Lipinski definition) is 3. The highest BCUT2D eigenvalue weighted by Crippen LogP contribution is 2.30. The molecule has 2 rings (SSSR count). The van der Waals surface area contributed by atoms with Crippen molar-refractivity contribution in [3.05, 3.63) is 29.8 Å². The third kappa shape index (κ3) is 3.64. The summed E-state index contributed by atoms with van der Waals surface area (Å²) in [6, 6.07) is 7.87. The molecule has 108 valence electrons. The number of thiocarbonyl (C=S) groups is 1. The number of hydrogen-bond donors (Lipinski definition) is 3. The van der Waals surface area contributed by atoms with Crippen LogP contribution in [0.4, 0.5) is 5.69 Å². The Hall–Kier alpha value is -1.27. The van der Waals surface area contributed by atoms with Crippen molar-refractivity contribution in [1.29, 1.82) is 0 Å². The van der Waals surface area contributed by atoms with Crippen molar-refractivity contribution >= 4 is 40.7 Å². The number of anilines is 1. The van der Waals surface area contributed by atoms with Gasteiger partial charge in [-0.05, 0) is 37.7 Å². The van der Waals surface area contributed by atoms with Crippen LogP contribution < -0.4 is 16.0 Å². The highest BCUT2D eigenvalue weighted by molar-refractivity contribution is 7.99. The van der Waals surface area contributed by atoms with Crippen LogP contribution in [0.1, 0.15) is 26.3 Å². The maximum Gasteiger partial charge on any atom is 0.221 e. The second-order valence-corrected chi connectivity index (χ2v) is 6.85. The first kappa shape index (κ1) is 15.1. The number of rotatable bonds is 4. The lowest BCUT2D eigenvalue weighted by Crippen LogP contribution is -2.41. The first-order valence-corrected chi connectivity index (χ1v) is 7.90. The van der Waals surface area contributed by atoms with Crippen molar-refractivity contribution < 1.29 is 4.79 Å². The minimum Gasteiger partial charge on any atom is -0.355 e. The fraction of sp³-hybridized carbons (Fsp3) is 0.429. The molecular weight excluding hydrogens is 290 g/mol. The van der Waals surface area contributed by atoms with Crippen molar-refractivity contribution in [2.24, 2.45) is 0 Å². The van der Waals surface area contributed by atoms with Crippen LogP contribution in [0.15, 0.2) is 24.3 Å². The zero-order valence-corrected chi connectivity index (χ0v) is 13.5. The van der Waals surface area contributed by atoms with Crippen LogP contribution in [0.25, 0.3) is 0 Å². The summed E-state index contributed by atoms with van der Waals surface area (Å²) in [6.07, 6.45) is 0. The molecule has 1 amide bonds. The largest absolute Gasteiger partial charge is 0.355 e. The summed E-state index contributed by atoms with van der Waals surface area (Å²) >= 11 is 6.94. The van der Waals surface area contributed by atoms with Gasteiger partial charge in [0.15, 0.2) is 5.11 Å². The summed E-state index contributed by atoms with van der Waals surface area (Å²) < 4.78 is 0. The van der Waals surface area contributed by atoms with Crippen LogP contribution >= 0.6 is 24.0 Å². The topological polar surface area (TPSA) is 53.2 Å². The monoisotopic (exact) mass is 309 g/mol. The molecule has 1 heterocycles. The Morgan fingerprint density at radius 3 is 2.75 bits per heavy atom. The smallest absolute Gasteiger partial charge is 0.221 e. The van der Waals surface area contributed by atoms with Gasteiger partial charge in [0, 0.05) is 18.4 Å². The molecule has 0 spiro atoms. The number of amides is 1. The Labute approximate surface area is 129 Å². The molecule has 1 unspecified atom stereocenters. The van der Waals surface area contributed by atoms with Gasteiger partial charge >= 0.3 is 0 Å². The van der Waals surface area contributed by atoms with Gasteiger partial charge in [0.2, 0.25) is 5.91 Å². The van der Waals surface area contributed by atoms with E-state index in [0.29, 0.717) is 5.11 Å². The van der Waals surface area contributed by atoms with Crippen LogP contribution in [0.3, 0.4) is 0 Å². The van der Waals surface area contributed by atoms with Gasteiger partial charge < -0.3 is 16.0 Å². The van der Waals surface area contributed by atoms with Crippen molar-refractivity contribution in [3.8, 4) is 0 Å². The van der Waals surface area contributed by atoms with E-state index in [4.69, 9.17) is 12.2 Å². The van der Waals surface area contributed by atoms with E-state index in [-0.39, 0.29) is 16.8 Å². The van der Waals surface area contributed by atoms with Gasteiger partial charge in [0.05, 0.1) is 10.9 Å². The van der Waals surface area contributed by atoms with E-state index >= 15 is 0 Å². The normalized spacial score (nSPS) is 20.1. The van der Waals surface area contributed by atoms with Gasteiger partial charge in [-0.25, -0.2) is 0 Å². The number of nitrogens with one attached hydrogen (secondary N) is 3. The van der Waals surface area contributed by atoms with Crippen LogP contribution in [-0.4, -0.2) is 21.9 Å². The fourth-order valence-corrected chi connectivity index (χ4v) is 3.80. The highest BCUT2D eigenvalue weighted by Gasteiger charge is 2.36. The molecule has 3 N–H and O–H groups in total. The number of thioether (sulfide) groups is 1. The second-order valence-electron chi connectivity index (χ2n) is 5.35. The van der Waals surface area contributed by atoms with Gasteiger partial charge in [0.1, 0.15) is 0 Å². The molecule has 0 aliphatic carbocycles. The molecule has 1 fully saturated rings. The van der Waals surface area contributed by atoms with Gasteiger partial charge in [-0.2, -0.15) is 0 Å². The molecular formula is C14H19N3OS2. The number of benzene rings is 1. The Morgan fingerprint density at radius 2 is 2.15 bits per heavy atom. The Morgan fingerprint density at radius 1 is 1.45 bits per heavy atom. The fourth-order valence-electron chi connectivity index (χ4n) is 2.07. The van der Waals surface area contributed by atoms with E-state index in [9.17, 15) is 4.79 Å². The summed E-state index contributed by atoms with van der Waals surface area (Å²) in [5.74, 6) is 0.756. The lowest BCUT2D eigenvalue weighted by molar-refractivity contribution is -0.114. The van der Waals surface area contributed by atoms with E-state index < -0.39 is 0 Å². The molecule has 1 aromatic carbocycles. The number of carbonyl (C=O) groups is 1. The summed E-state index contributed by atoms with van der Waals surface area (Å²) in [4.78, 5) is 11.2. The average Bonchev–Trinajstić information content (AvgIpc) is 2.60. The standard InChI is InChI=1S/C14H19N3OS2/c1-9(18)15-11-7-5-4-6-10(11)8-20-12-14(2,3)17-13(19)16-12/h4-7,12H,8H2,1-3H3,(H,15,18)(H2,16,17,19). The van der Waals surface area contributed by atoms with E-state index in [1.807, 2.05) is 24.3 Å². The summed E-state index contributed by atoms with van der Waals surface area (Å²) in [6.45, 7) is 5.77. The predicted octanol–water partition coefficient (Wildman–Crippen LogP) is 2.46. The maximum atomic E-state index is 11.2. The van der Waals surface area contributed by atoms with Crippen LogP contribution in [-0.2, 0) is 10.5 Å². The maximum absolute atomic E-state index is 11.2. The quantitative estimate of drug-likeness (QED) is 0.746. The molecule has 1 aliphatic heterocycles. The van der Waals surface area contributed by atoms with E-state index in [1.54, 1.807) is 11.8 Å². The van der Waals surface area contributed by atoms with E-state index in [2.05, 4.69) is 29.8 Å². The molecule has 20 heavy (non-hydrogen) atoms. The third-order valence-corrected chi connectivity index (χ3v) is 4.82. The first-order chi connectivity index (χ1) is 9.38. The van der Waals surface area contributed by atoms with Gasteiger partial charge in [0.25, 0.3) is 0 Å². The first-order valence-electron chi connectivity index (χ1n) is 6.44. The van der Waals surface area contributed by atoms with Crippen LogP contribution in [0.2, 0.25) is 0 Å². The van der Waals surface area contributed by atoms with Crippen molar-refractivity contribution in [3.63, 3.8) is 0 Å². The molecule has 0 saturated carbocycles. The average molecular weight is 309 g/mol. The Bertz CT molecular complexity index is 531. The SMILES string of the molecule is CC(=O)Nc1ccccc1CSC1NC(=S)NC1(C)C. The molecule has 1 saturated heterocycles. The van der Waals surface area contributed by atoms with Crippen LogP contribution in [0.5, 0.6) is 0 Å². The van der Waals surface area contributed by atoms with E-state index in [1.165, 1.54) is 6.92 Å². The lowest BCUT2D eigenvalue weighted by atomic mass is 10.1. The van der Waals surface area contributed by atoms with Gasteiger partial charge in [-0.3, -0.25) is 4.79 Å². The van der Waals surface area contributed by atoms with Gasteiger partial charge in [-0.1, -0.05) is 18.2 Å². The zero-order chi connectivity index (χ0) is 14.8. The number of carbonyl (C=O) groups excluding carboxylic acids is 1. The number of para-hydroxylation sites is 1. The van der Waals surface area contributed by atoms with Crippen molar-refractivity contribution in [2.75, 3.05) is 5.32 Å². The molecule has 4 nitrogen and oxygen atoms in total. The minimum atomic E-state index is -0.0787. The molecule has 1 aliphatic rings. The van der Waals surface area contributed by atoms with E-state index in [0.717, 1.165) is 17.0 Å². The zero-order valence-electron chi connectivity index (χ0n) is 11.8. The van der Waals surface area contributed by atoms with Crippen molar-refractivity contribution in [2.45, 2.75) is 37.4 Å². The molecule has 0 bridgehead atoms. The molecule has 1 atom stereocenters. The highest BCUT2D eigenvalue weighted by atomic mass is 32.2. The van der Waals surface area contributed by atoms with Crippen molar-refractivity contribution in [1.82, 2.24) is 10.6 Å². The predicted molar refractivity (Wildman–Crippen MR) is 88.8 cm³/mol. The second kappa shape index (κ2) is 6.01. The van der Waals surface area contributed by atoms with Crippen LogP contribution in [0, 0.1) is 0 Å². The summed E-state index contributed by atoms with van der Waals surface area (Å²) in [7, 11) is 0. The van der Waals surface area contributed by atoms with Gasteiger partial charge in [-0.15, -0.1) is 11.8 Å². The third-order valence-electron chi connectivity index (χ3n) is 3.09.